The second-order valence-corrected chi connectivity index (χ2v) is 4.93. The molecule has 0 aliphatic carbocycles. The van der Waals surface area contributed by atoms with Gasteiger partial charge in [0.05, 0.1) is 11.6 Å². The normalized spacial score (nSPS) is 17.8. The maximum Gasteiger partial charge on any atom is 0.260 e. The number of rotatable bonds is 5. The van der Waals surface area contributed by atoms with Gasteiger partial charge < -0.3 is 14.7 Å². The van der Waals surface area contributed by atoms with Crippen LogP contribution in [0.4, 0.5) is 0 Å². The van der Waals surface area contributed by atoms with Gasteiger partial charge in [-0.05, 0) is 43.0 Å². The number of nitrogens with zero attached hydrogens (tertiary/aromatic N) is 2. The number of carbonyl (C=O) groups excluding carboxylic acids is 1. The van der Waals surface area contributed by atoms with Gasteiger partial charge in [-0.2, -0.15) is 5.26 Å². The molecule has 1 aromatic rings. The summed E-state index contributed by atoms with van der Waals surface area (Å²) in [5.74, 6) is 0.956. The summed E-state index contributed by atoms with van der Waals surface area (Å²) in [5.41, 5.74) is 0.565. The monoisotopic (exact) mass is 274 g/mol. The minimum absolute atomic E-state index is 0.0117. The molecule has 1 N–H and O–H groups in total. The van der Waals surface area contributed by atoms with Crippen LogP contribution in [-0.2, 0) is 4.79 Å². The third-order valence-corrected chi connectivity index (χ3v) is 3.52. The van der Waals surface area contributed by atoms with Crippen LogP contribution in [0.2, 0.25) is 0 Å². The number of ether oxygens (including phenoxy) is 1. The number of aliphatic hydroxyl groups is 1. The molecule has 0 saturated carbocycles. The van der Waals surface area contributed by atoms with Crippen LogP contribution in [0.1, 0.15) is 18.4 Å². The Labute approximate surface area is 118 Å². The van der Waals surface area contributed by atoms with E-state index in [1.807, 2.05) is 6.07 Å². The first-order chi connectivity index (χ1) is 9.72. The van der Waals surface area contributed by atoms with E-state index < -0.39 is 0 Å². The molecule has 1 atom stereocenters. The highest BCUT2D eigenvalue weighted by Crippen LogP contribution is 2.19. The maximum absolute atomic E-state index is 12.0. The smallest absolute Gasteiger partial charge is 0.260 e. The van der Waals surface area contributed by atoms with Gasteiger partial charge in [-0.1, -0.05) is 0 Å². The summed E-state index contributed by atoms with van der Waals surface area (Å²) in [7, 11) is 0. The number of hydrogen-bond acceptors (Lipinski definition) is 4. The number of hydrogen-bond donors (Lipinski definition) is 1. The van der Waals surface area contributed by atoms with E-state index in [0.29, 0.717) is 23.8 Å². The number of likely N-dealkylation sites (tertiary alicyclic amines) is 1. The van der Waals surface area contributed by atoms with Crippen LogP contribution in [0.15, 0.2) is 24.3 Å². The molecule has 1 fully saturated rings. The Morgan fingerprint density at radius 2 is 2.20 bits per heavy atom. The molecule has 106 valence electrons. The molecule has 1 aromatic carbocycles. The maximum atomic E-state index is 12.0. The quantitative estimate of drug-likeness (QED) is 0.874. The summed E-state index contributed by atoms with van der Waals surface area (Å²) < 4.78 is 5.42. The second-order valence-electron chi connectivity index (χ2n) is 4.93. The fraction of sp³-hybridized carbons (Fsp3) is 0.467. The van der Waals surface area contributed by atoms with E-state index in [-0.39, 0.29) is 19.1 Å². The van der Waals surface area contributed by atoms with Crippen molar-refractivity contribution in [1.29, 1.82) is 5.26 Å². The molecule has 0 bridgehead atoms. The molecular formula is C15H18N2O3. The van der Waals surface area contributed by atoms with Crippen LogP contribution in [0.5, 0.6) is 5.75 Å². The zero-order valence-corrected chi connectivity index (χ0v) is 11.3. The predicted molar refractivity (Wildman–Crippen MR) is 73.0 cm³/mol. The summed E-state index contributed by atoms with van der Waals surface area (Å²) in [4.78, 5) is 13.8. The lowest BCUT2D eigenvalue weighted by molar-refractivity contribution is -0.132. The van der Waals surface area contributed by atoms with Crippen molar-refractivity contribution in [3.8, 4) is 11.8 Å². The first-order valence-electron chi connectivity index (χ1n) is 6.74. The SMILES string of the molecule is N#Cc1ccc(OCC(=O)N2CCC(CCO)C2)cc1. The summed E-state index contributed by atoms with van der Waals surface area (Å²) in [6.07, 6.45) is 1.70. The van der Waals surface area contributed by atoms with E-state index in [9.17, 15) is 4.79 Å². The van der Waals surface area contributed by atoms with Crippen LogP contribution in [0.25, 0.3) is 0 Å². The molecule has 1 saturated heterocycles. The molecule has 1 amide bonds. The predicted octanol–water partition coefficient (Wildman–Crippen LogP) is 1.17. The molecule has 0 spiro atoms. The van der Waals surface area contributed by atoms with E-state index in [4.69, 9.17) is 15.1 Å². The van der Waals surface area contributed by atoms with Gasteiger partial charge in [0.1, 0.15) is 5.75 Å². The van der Waals surface area contributed by atoms with Gasteiger partial charge in [0.25, 0.3) is 5.91 Å². The molecule has 1 unspecified atom stereocenters. The lowest BCUT2D eigenvalue weighted by atomic mass is 10.1. The van der Waals surface area contributed by atoms with Gasteiger partial charge in [-0.25, -0.2) is 0 Å². The van der Waals surface area contributed by atoms with E-state index in [0.717, 1.165) is 19.4 Å². The topological polar surface area (TPSA) is 73.6 Å². The molecule has 5 nitrogen and oxygen atoms in total. The molecule has 0 radical (unpaired) electrons. The van der Waals surface area contributed by atoms with Crippen LogP contribution in [-0.4, -0.2) is 42.2 Å². The third-order valence-electron chi connectivity index (χ3n) is 3.52. The summed E-state index contributed by atoms with van der Waals surface area (Å²) in [5, 5.41) is 17.6. The van der Waals surface area contributed by atoms with Gasteiger partial charge in [0, 0.05) is 19.7 Å². The van der Waals surface area contributed by atoms with E-state index in [1.54, 1.807) is 29.2 Å². The largest absolute Gasteiger partial charge is 0.484 e. The Bertz CT molecular complexity index is 493. The summed E-state index contributed by atoms with van der Waals surface area (Å²) in [6.45, 7) is 1.63. The van der Waals surface area contributed by atoms with Gasteiger partial charge in [-0.3, -0.25) is 4.79 Å². The molecule has 5 heteroatoms. The highest BCUT2D eigenvalue weighted by molar-refractivity contribution is 5.78. The molecule has 0 aromatic heterocycles. The van der Waals surface area contributed by atoms with Gasteiger partial charge in [0.2, 0.25) is 0 Å². The average molecular weight is 274 g/mol. The van der Waals surface area contributed by atoms with E-state index in [2.05, 4.69) is 0 Å². The standard InChI is InChI=1S/C15H18N2O3/c16-9-12-1-3-14(4-2-12)20-11-15(19)17-7-5-13(10-17)6-8-18/h1-4,13,18H,5-8,10-11H2. The van der Waals surface area contributed by atoms with Crippen LogP contribution in [0.3, 0.4) is 0 Å². The van der Waals surface area contributed by atoms with Crippen LogP contribution < -0.4 is 4.74 Å². The van der Waals surface area contributed by atoms with Crippen molar-refractivity contribution in [3.63, 3.8) is 0 Å². The van der Waals surface area contributed by atoms with Crippen molar-refractivity contribution in [1.82, 2.24) is 4.90 Å². The Morgan fingerprint density at radius 3 is 2.85 bits per heavy atom. The zero-order chi connectivity index (χ0) is 14.4. The number of amides is 1. The van der Waals surface area contributed by atoms with Gasteiger partial charge in [-0.15, -0.1) is 0 Å². The van der Waals surface area contributed by atoms with E-state index in [1.165, 1.54) is 0 Å². The first kappa shape index (κ1) is 14.4. The minimum Gasteiger partial charge on any atom is -0.484 e. The Balaban J connectivity index is 1.79. The van der Waals surface area contributed by atoms with Crippen molar-refractivity contribution in [2.24, 2.45) is 5.92 Å². The van der Waals surface area contributed by atoms with Crippen molar-refractivity contribution < 1.29 is 14.6 Å². The Morgan fingerprint density at radius 1 is 1.45 bits per heavy atom. The highest BCUT2D eigenvalue weighted by atomic mass is 16.5. The Hall–Kier alpha value is -2.06. The minimum atomic E-state index is -0.0326. The molecular weight excluding hydrogens is 256 g/mol. The third kappa shape index (κ3) is 3.72. The first-order valence-corrected chi connectivity index (χ1v) is 6.74. The summed E-state index contributed by atoms with van der Waals surface area (Å²) in [6, 6.07) is 8.72. The molecule has 2 rings (SSSR count). The van der Waals surface area contributed by atoms with Crippen molar-refractivity contribution >= 4 is 5.91 Å². The van der Waals surface area contributed by atoms with Gasteiger partial charge >= 0.3 is 0 Å². The number of benzene rings is 1. The average Bonchev–Trinajstić information content (AvgIpc) is 2.94. The zero-order valence-electron chi connectivity index (χ0n) is 11.3. The fourth-order valence-corrected chi connectivity index (χ4v) is 2.34. The highest BCUT2D eigenvalue weighted by Gasteiger charge is 2.25. The summed E-state index contributed by atoms with van der Waals surface area (Å²) >= 11 is 0. The molecule has 20 heavy (non-hydrogen) atoms. The van der Waals surface area contributed by atoms with E-state index >= 15 is 0 Å². The van der Waals surface area contributed by atoms with Crippen molar-refractivity contribution in [2.75, 3.05) is 26.3 Å². The van der Waals surface area contributed by atoms with Crippen molar-refractivity contribution in [2.45, 2.75) is 12.8 Å². The van der Waals surface area contributed by atoms with Gasteiger partial charge in [0.15, 0.2) is 6.61 Å². The number of aliphatic hydroxyl groups excluding tert-OH is 1. The van der Waals surface area contributed by atoms with Crippen LogP contribution in [0, 0.1) is 17.2 Å². The molecule has 1 heterocycles. The lowest BCUT2D eigenvalue weighted by Crippen LogP contribution is -2.33. The van der Waals surface area contributed by atoms with Crippen LogP contribution >= 0.6 is 0 Å². The molecule has 1 aliphatic rings. The molecule has 1 aliphatic heterocycles. The number of carbonyl (C=O) groups is 1. The second kappa shape index (κ2) is 6.92. The van der Waals surface area contributed by atoms with Crippen molar-refractivity contribution in [3.05, 3.63) is 29.8 Å². The Kier molecular flexibility index (Phi) is 4.97. The lowest BCUT2D eigenvalue weighted by Gasteiger charge is -2.16. The fourth-order valence-electron chi connectivity index (χ4n) is 2.34. The number of nitriles is 1.